The van der Waals surface area contributed by atoms with Crippen LogP contribution >= 0.6 is 0 Å². The average molecular weight is 328 g/mol. The van der Waals surface area contributed by atoms with Gasteiger partial charge >= 0.3 is 0 Å². The van der Waals surface area contributed by atoms with Crippen LogP contribution in [-0.2, 0) is 10.2 Å². The van der Waals surface area contributed by atoms with Crippen molar-refractivity contribution in [3.8, 4) is 0 Å². The number of fused-ring (bicyclic) bond motifs is 1. The second kappa shape index (κ2) is 5.83. The van der Waals surface area contributed by atoms with Crippen molar-refractivity contribution >= 4 is 17.0 Å². The number of nitrogens with one attached hydrogen (secondary N) is 1. The molecule has 0 bridgehead atoms. The van der Waals surface area contributed by atoms with Gasteiger partial charge in [-0.15, -0.1) is 0 Å². The lowest BCUT2D eigenvalue weighted by Crippen LogP contribution is -2.35. The Hall–Kier alpha value is -2.54. The molecule has 2 aromatic heterocycles. The van der Waals surface area contributed by atoms with E-state index < -0.39 is 0 Å². The van der Waals surface area contributed by atoms with Crippen LogP contribution in [0.5, 0.6) is 0 Å². The number of aryl methyl sites for hydroxylation is 1. The summed E-state index contributed by atoms with van der Waals surface area (Å²) in [5.41, 5.74) is 1.91. The Bertz CT molecular complexity index is 857. The van der Waals surface area contributed by atoms with Gasteiger partial charge in [-0.3, -0.25) is 0 Å². The summed E-state index contributed by atoms with van der Waals surface area (Å²) in [6.45, 7) is 3.64. The molecule has 6 nitrogen and oxygen atoms in total. The van der Waals surface area contributed by atoms with Gasteiger partial charge in [0, 0.05) is 25.5 Å². The molecule has 1 aromatic carbocycles. The molecule has 0 spiro atoms. The quantitative estimate of drug-likeness (QED) is 0.794. The summed E-state index contributed by atoms with van der Waals surface area (Å²) >= 11 is 0. The summed E-state index contributed by atoms with van der Waals surface area (Å²) in [7, 11) is 0. The molecule has 1 fully saturated rings. The van der Waals surface area contributed by atoms with E-state index in [1.54, 1.807) is 6.92 Å². The molecular weight excluding hydrogens is 311 g/mol. The first-order valence-corrected chi connectivity index (χ1v) is 7.82. The zero-order valence-corrected chi connectivity index (χ0v) is 13.3. The summed E-state index contributed by atoms with van der Waals surface area (Å²) in [4.78, 5) is 12.7. The fourth-order valence-corrected chi connectivity index (χ4v) is 3.12. The van der Waals surface area contributed by atoms with E-state index in [0.29, 0.717) is 42.7 Å². The number of hydrogen-bond acceptors (Lipinski definition) is 6. The number of ether oxygens (including phenoxy) is 1. The zero-order chi connectivity index (χ0) is 16.6. The number of halogens is 1. The molecule has 0 unspecified atom stereocenters. The highest BCUT2D eigenvalue weighted by Crippen LogP contribution is 2.34. The lowest BCUT2D eigenvalue weighted by Gasteiger charge is -2.28. The van der Waals surface area contributed by atoms with Gasteiger partial charge in [0.25, 0.3) is 5.71 Å². The van der Waals surface area contributed by atoms with Crippen LogP contribution in [0.25, 0.3) is 11.2 Å². The Balaban J connectivity index is 1.63. The van der Waals surface area contributed by atoms with Crippen molar-refractivity contribution in [1.29, 1.82) is 0 Å². The predicted octanol–water partition coefficient (Wildman–Crippen LogP) is 2.84. The molecule has 0 radical (unpaired) electrons. The topological polar surface area (TPSA) is 73.1 Å². The summed E-state index contributed by atoms with van der Waals surface area (Å²) in [6.07, 6.45) is 2.31. The molecule has 7 heteroatoms. The van der Waals surface area contributed by atoms with Crippen molar-refractivity contribution in [3.63, 3.8) is 0 Å². The number of aromatic nitrogens is 3. The van der Waals surface area contributed by atoms with Gasteiger partial charge in [0.2, 0.25) is 0 Å². The van der Waals surface area contributed by atoms with E-state index in [0.717, 1.165) is 12.0 Å². The normalized spacial score (nSPS) is 20.6. The fourth-order valence-electron chi connectivity index (χ4n) is 3.12. The van der Waals surface area contributed by atoms with E-state index in [9.17, 15) is 4.39 Å². The molecule has 1 N–H and O–H groups in total. The van der Waals surface area contributed by atoms with Crippen molar-refractivity contribution in [2.75, 3.05) is 25.1 Å². The van der Waals surface area contributed by atoms with Crippen molar-refractivity contribution in [1.82, 2.24) is 15.0 Å². The third kappa shape index (κ3) is 2.60. The highest BCUT2D eigenvalue weighted by molar-refractivity contribution is 5.80. The van der Waals surface area contributed by atoms with Crippen LogP contribution in [0.1, 0.15) is 17.9 Å². The highest BCUT2D eigenvalue weighted by atomic mass is 19.1. The third-order valence-corrected chi connectivity index (χ3v) is 4.46. The van der Waals surface area contributed by atoms with Crippen molar-refractivity contribution < 1.29 is 13.5 Å². The van der Waals surface area contributed by atoms with Crippen LogP contribution in [0.15, 0.2) is 35.0 Å². The van der Waals surface area contributed by atoms with Gasteiger partial charge in [-0.05, 0) is 24.1 Å². The molecule has 0 amide bonds. The molecule has 3 heterocycles. The molecule has 0 aliphatic carbocycles. The van der Waals surface area contributed by atoms with Gasteiger partial charge in [-0.25, -0.2) is 14.4 Å². The predicted molar refractivity (Wildman–Crippen MR) is 86.3 cm³/mol. The second-order valence-electron chi connectivity index (χ2n) is 6.05. The van der Waals surface area contributed by atoms with E-state index in [4.69, 9.17) is 9.15 Å². The summed E-state index contributed by atoms with van der Waals surface area (Å²) in [5, 5.41) is 3.35. The number of rotatable bonds is 4. The van der Waals surface area contributed by atoms with Crippen LogP contribution in [-0.4, -0.2) is 34.7 Å². The standard InChI is InChI=1S/C17H17FN4O2/c1-11-22-14-15(20-10-21-16(14)24-11)19-8-17(6-7-23-9-17)12-2-4-13(18)5-3-12/h2-5,10H,6-9H2,1H3,(H,19,20,21)/t17-/m1/s1. The lowest BCUT2D eigenvalue weighted by molar-refractivity contribution is 0.179. The average Bonchev–Trinajstić information content (AvgIpc) is 3.20. The minimum absolute atomic E-state index is 0.218. The highest BCUT2D eigenvalue weighted by Gasteiger charge is 2.37. The van der Waals surface area contributed by atoms with E-state index in [1.807, 2.05) is 12.1 Å². The maximum absolute atomic E-state index is 13.2. The summed E-state index contributed by atoms with van der Waals surface area (Å²) in [5.74, 6) is 0.938. The second-order valence-corrected chi connectivity index (χ2v) is 6.05. The van der Waals surface area contributed by atoms with Gasteiger partial charge in [0.1, 0.15) is 12.1 Å². The number of nitrogens with zero attached hydrogens (tertiary/aromatic N) is 3. The van der Waals surface area contributed by atoms with Crippen LogP contribution in [0.2, 0.25) is 0 Å². The van der Waals surface area contributed by atoms with E-state index in [1.165, 1.54) is 18.5 Å². The first-order chi connectivity index (χ1) is 11.7. The van der Waals surface area contributed by atoms with E-state index >= 15 is 0 Å². The van der Waals surface area contributed by atoms with Gasteiger partial charge in [-0.2, -0.15) is 4.98 Å². The molecule has 1 saturated heterocycles. The largest absolute Gasteiger partial charge is 0.422 e. The molecule has 1 atom stereocenters. The van der Waals surface area contributed by atoms with Crippen LogP contribution in [0.4, 0.5) is 10.2 Å². The number of benzene rings is 1. The number of hydrogen-bond donors (Lipinski definition) is 1. The molecule has 1 aliphatic heterocycles. The molecule has 124 valence electrons. The van der Waals surface area contributed by atoms with Crippen molar-refractivity contribution in [2.45, 2.75) is 18.8 Å². The van der Waals surface area contributed by atoms with Crippen LogP contribution in [0.3, 0.4) is 0 Å². The minimum atomic E-state index is -0.239. The molecular formula is C17H17FN4O2. The van der Waals surface area contributed by atoms with Gasteiger partial charge < -0.3 is 14.5 Å². The number of anilines is 1. The van der Waals surface area contributed by atoms with Crippen molar-refractivity contribution in [2.24, 2.45) is 0 Å². The Morgan fingerprint density at radius 1 is 1.25 bits per heavy atom. The maximum atomic E-state index is 13.2. The Labute approximate surface area is 138 Å². The lowest BCUT2D eigenvalue weighted by atomic mass is 9.79. The van der Waals surface area contributed by atoms with Gasteiger partial charge in [-0.1, -0.05) is 12.1 Å². The summed E-state index contributed by atoms with van der Waals surface area (Å²) < 4.78 is 24.3. The molecule has 4 rings (SSSR count). The molecule has 3 aromatic rings. The third-order valence-electron chi connectivity index (χ3n) is 4.46. The SMILES string of the molecule is Cc1nc2c(NC[C@]3(c4ccc(F)cc4)CCOC3)ncnc2o1. The first-order valence-electron chi connectivity index (χ1n) is 7.82. The van der Waals surface area contributed by atoms with Crippen LogP contribution in [0, 0.1) is 12.7 Å². The molecule has 24 heavy (non-hydrogen) atoms. The Morgan fingerprint density at radius 2 is 2.08 bits per heavy atom. The van der Waals surface area contributed by atoms with E-state index in [-0.39, 0.29) is 11.2 Å². The smallest absolute Gasteiger partial charge is 0.252 e. The number of oxazole rings is 1. The molecule has 1 aliphatic rings. The zero-order valence-electron chi connectivity index (χ0n) is 13.3. The monoisotopic (exact) mass is 328 g/mol. The van der Waals surface area contributed by atoms with Crippen LogP contribution < -0.4 is 5.32 Å². The Morgan fingerprint density at radius 3 is 2.83 bits per heavy atom. The van der Waals surface area contributed by atoms with Gasteiger partial charge in [0.15, 0.2) is 17.2 Å². The Kier molecular flexibility index (Phi) is 3.65. The molecule has 0 saturated carbocycles. The fraction of sp³-hybridized carbons (Fsp3) is 0.353. The minimum Gasteiger partial charge on any atom is -0.422 e. The summed E-state index contributed by atoms with van der Waals surface area (Å²) in [6, 6.07) is 6.61. The first kappa shape index (κ1) is 15.0. The van der Waals surface area contributed by atoms with Crippen molar-refractivity contribution in [3.05, 3.63) is 47.9 Å². The van der Waals surface area contributed by atoms with E-state index in [2.05, 4.69) is 20.3 Å². The van der Waals surface area contributed by atoms with Gasteiger partial charge in [0.05, 0.1) is 6.61 Å². The maximum Gasteiger partial charge on any atom is 0.252 e.